The van der Waals surface area contributed by atoms with Gasteiger partial charge < -0.3 is 4.74 Å². The normalized spacial score (nSPS) is 14.4. The Morgan fingerprint density at radius 1 is 1.10 bits per heavy atom. The fraction of sp³-hybridized carbons (Fsp3) is 0.143. The lowest BCUT2D eigenvalue weighted by Crippen LogP contribution is -2.20. The van der Waals surface area contributed by atoms with Crippen LogP contribution in [0.3, 0.4) is 0 Å². The lowest BCUT2D eigenvalue weighted by atomic mass is 9.94. The second-order valence-corrected chi connectivity index (χ2v) is 6.07. The molecule has 1 aliphatic rings. The van der Waals surface area contributed by atoms with Crippen LogP contribution in [0.2, 0.25) is 0 Å². The van der Waals surface area contributed by atoms with Crippen molar-refractivity contribution >= 4 is 32.8 Å². The highest BCUT2D eigenvalue weighted by molar-refractivity contribution is 7.86. The lowest BCUT2D eigenvalue weighted by molar-refractivity contribution is 0.0391. The van der Waals surface area contributed by atoms with Crippen LogP contribution in [-0.2, 0) is 21.3 Å². The van der Waals surface area contributed by atoms with Gasteiger partial charge >= 0.3 is 11.9 Å². The quantitative estimate of drug-likeness (QED) is 0.517. The maximum absolute atomic E-state index is 11.9. The molecule has 0 amide bonds. The van der Waals surface area contributed by atoms with Gasteiger partial charge in [0.25, 0.3) is 10.1 Å². The molecule has 0 aliphatic carbocycles. The molecule has 21 heavy (non-hydrogen) atoms. The molecule has 0 saturated carbocycles. The Morgan fingerprint density at radius 2 is 1.76 bits per heavy atom. The maximum atomic E-state index is 11.9. The third kappa shape index (κ3) is 2.01. The first-order valence-electron chi connectivity index (χ1n) is 6.16. The Hall–Kier alpha value is -2.25. The summed E-state index contributed by atoms with van der Waals surface area (Å²) in [4.78, 5) is 23.3. The van der Waals surface area contributed by atoms with Crippen molar-refractivity contribution in [2.45, 2.75) is 18.2 Å². The Labute approximate surface area is 120 Å². The average molecular weight is 306 g/mol. The van der Waals surface area contributed by atoms with Gasteiger partial charge in [-0.25, -0.2) is 9.59 Å². The van der Waals surface area contributed by atoms with E-state index in [0.717, 1.165) is 6.07 Å². The molecule has 1 aliphatic heterocycles. The topological polar surface area (TPSA) is 97.7 Å². The van der Waals surface area contributed by atoms with Gasteiger partial charge in [0.15, 0.2) is 0 Å². The second-order valence-electron chi connectivity index (χ2n) is 4.68. The van der Waals surface area contributed by atoms with Gasteiger partial charge in [-0.05, 0) is 36.2 Å². The van der Waals surface area contributed by atoms with E-state index in [1.165, 1.54) is 6.07 Å². The van der Waals surface area contributed by atoms with Crippen molar-refractivity contribution in [2.75, 3.05) is 0 Å². The van der Waals surface area contributed by atoms with Crippen LogP contribution in [0.25, 0.3) is 10.8 Å². The van der Waals surface area contributed by atoms with Crippen molar-refractivity contribution in [3.8, 4) is 0 Å². The summed E-state index contributed by atoms with van der Waals surface area (Å²) in [5.74, 6) is -1.65. The number of benzene rings is 2. The summed E-state index contributed by atoms with van der Waals surface area (Å²) in [6.45, 7) is 1.84. The van der Waals surface area contributed by atoms with Gasteiger partial charge in [0.2, 0.25) is 0 Å². The lowest BCUT2D eigenvalue weighted by Gasteiger charge is -2.18. The fourth-order valence-electron chi connectivity index (χ4n) is 2.47. The molecule has 0 radical (unpaired) electrons. The van der Waals surface area contributed by atoms with Crippen molar-refractivity contribution in [1.82, 2.24) is 0 Å². The van der Waals surface area contributed by atoms with E-state index in [9.17, 15) is 22.6 Å². The summed E-state index contributed by atoms with van der Waals surface area (Å²) in [5.41, 5.74) is 0.935. The Bertz CT molecular complexity index is 911. The molecule has 7 heteroatoms. The van der Waals surface area contributed by atoms with E-state index in [2.05, 4.69) is 4.74 Å². The minimum absolute atomic E-state index is 0.106. The monoisotopic (exact) mass is 306 g/mol. The minimum Gasteiger partial charge on any atom is -0.386 e. The van der Waals surface area contributed by atoms with Gasteiger partial charge in [0.05, 0.1) is 11.1 Å². The highest BCUT2D eigenvalue weighted by atomic mass is 32.2. The van der Waals surface area contributed by atoms with E-state index in [1.807, 2.05) is 6.92 Å². The third-order valence-corrected chi connectivity index (χ3v) is 4.36. The van der Waals surface area contributed by atoms with Crippen LogP contribution in [0.5, 0.6) is 0 Å². The van der Waals surface area contributed by atoms with Gasteiger partial charge in [-0.1, -0.05) is 6.92 Å². The van der Waals surface area contributed by atoms with Gasteiger partial charge in [-0.2, -0.15) is 8.42 Å². The van der Waals surface area contributed by atoms with Crippen LogP contribution in [0, 0.1) is 0 Å². The molecule has 0 unspecified atom stereocenters. The van der Waals surface area contributed by atoms with Crippen LogP contribution in [-0.4, -0.2) is 24.9 Å². The molecule has 0 saturated heterocycles. The maximum Gasteiger partial charge on any atom is 0.346 e. The van der Waals surface area contributed by atoms with Crippen LogP contribution in [0.4, 0.5) is 0 Å². The van der Waals surface area contributed by atoms with Crippen molar-refractivity contribution in [3.63, 3.8) is 0 Å². The summed E-state index contributed by atoms with van der Waals surface area (Å²) < 4.78 is 36.9. The first-order chi connectivity index (χ1) is 9.82. The SMILES string of the molecule is CCc1cc2c3c(ccc(S(=O)(=O)O)c3c1)C(=O)OC2=O. The number of ether oxygens (including phenoxy) is 1. The molecule has 0 atom stereocenters. The highest BCUT2D eigenvalue weighted by Crippen LogP contribution is 2.34. The van der Waals surface area contributed by atoms with Gasteiger partial charge in [0.1, 0.15) is 4.90 Å². The first-order valence-corrected chi connectivity index (χ1v) is 7.60. The summed E-state index contributed by atoms with van der Waals surface area (Å²) in [5, 5.41) is 0.345. The zero-order chi connectivity index (χ0) is 15.4. The number of hydrogen-bond donors (Lipinski definition) is 1. The van der Waals surface area contributed by atoms with E-state index in [4.69, 9.17) is 0 Å². The molecule has 108 valence electrons. The van der Waals surface area contributed by atoms with Crippen LogP contribution in [0.1, 0.15) is 33.2 Å². The predicted molar refractivity (Wildman–Crippen MR) is 72.9 cm³/mol. The molecule has 1 N–H and O–H groups in total. The second kappa shape index (κ2) is 4.37. The van der Waals surface area contributed by atoms with Gasteiger partial charge in [0, 0.05) is 10.8 Å². The number of esters is 2. The van der Waals surface area contributed by atoms with Gasteiger partial charge in [-0.3, -0.25) is 4.55 Å². The molecule has 2 aromatic rings. The number of cyclic esters (lactones) is 2. The largest absolute Gasteiger partial charge is 0.386 e. The molecule has 3 rings (SSSR count). The Morgan fingerprint density at radius 3 is 2.38 bits per heavy atom. The molecule has 0 aromatic heterocycles. The number of carbonyl (C=O) groups is 2. The fourth-order valence-corrected chi connectivity index (χ4v) is 3.15. The number of aryl methyl sites for hydroxylation is 1. The van der Waals surface area contributed by atoms with E-state index >= 15 is 0 Å². The van der Waals surface area contributed by atoms with Crippen molar-refractivity contribution in [2.24, 2.45) is 0 Å². The molecule has 0 fully saturated rings. The number of hydrogen-bond acceptors (Lipinski definition) is 5. The number of carbonyl (C=O) groups excluding carboxylic acids is 2. The average Bonchev–Trinajstić information content (AvgIpc) is 2.42. The smallest absolute Gasteiger partial charge is 0.346 e. The molecular weight excluding hydrogens is 296 g/mol. The van der Waals surface area contributed by atoms with Crippen molar-refractivity contribution < 1.29 is 27.3 Å². The number of rotatable bonds is 2. The molecule has 1 heterocycles. The highest BCUT2D eigenvalue weighted by Gasteiger charge is 2.30. The molecular formula is C14H10O6S. The van der Waals surface area contributed by atoms with Gasteiger partial charge in [-0.15, -0.1) is 0 Å². The molecule has 6 nitrogen and oxygen atoms in total. The van der Waals surface area contributed by atoms with E-state index in [-0.39, 0.29) is 26.8 Å². The van der Waals surface area contributed by atoms with Crippen LogP contribution < -0.4 is 0 Å². The third-order valence-electron chi connectivity index (χ3n) is 3.45. The van der Waals surface area contributed by atoms with Crippen molar-refractivity contribution in [3.05, 3.63) is 41.0 Å². The Balaban J connectivity index is 2.57. The summed E-state index contributed by atoms with van der Waals surface area (Å²) in [6, 6.07) is 5.48. The standard InChI is InChI=1S/C14H10O6S/c1-2-7-5-9-11(21(17,18)19)4-3-8-12(9)10(6-7)14(16)20-13(8)15/h3-6H,2H2,1H3,(H,17,18,19). The van der Waals surface area contributed by atoms with Crippen molar-refractivity contribution in [1.29, 1.82) is 0 Å². The Kier molecular flexibility index (Phi) is 2.86. The predicted octanol–water partition coefficient (Wildman–Crippen LogP) is 1.96. The van der Waals surface area contributed by atoms with Crippen LogP contribution in [0.15, 0.2) is 29.2 Å². The van der Waals surface area contributed by atoms with Crippen LogP contribution >= 0.6 is 0 Å². The summed E-state index contributed by atoms with van der Waals surface area (Å²) >= 11 is 0. The van der Waals surface area contributed by atoms with E-state index in [0.29, 0.717) is 12.0 Å². The summed E-state index contributed by atoms with van der Waals surface area (Å²) in [6.07, 6.45) is 0.555. The molecule has 0 spiro atoms. The summed E-state index contributed by atoms with van der Waals surface area (Å²) in [7, 11) is -4.47. The first kappa shape index (κ1) is 13.7. The zero-order valence-corrected chi connectivity index (χ0v) is 11.7. The zero-order valence-electron chi connectivity index (χ0n) is 10.9. The van der Waals surface area contributed by atoms with E-state index < -0.39 is 22.1 Å². The van der Waals surface area contributed by atoms with E-state index in [1.54, 1.807) is 12.1 Å². The molecule has 2 aromatic carbocycles. The minimum atomic E-state index is -4.47. The molecule has 0 bridgehead atoms.